The van der Waals surface area contributed by atoms with E-state index in [-0.39, 0.29) is 16.8 Å². The van der Waals surface area contributed by atoms with E-state index in [1.807, 2.05) is 6.92 Å². The van der Waals surface area contributed by atoms with Crippen molar-refractivity contribution in [2.75, 3.05) is 13.2 Å². The van der Waals surface area contributed by atoms with Gasteiger partial charge in [0.05, 0.1) is 0 Å². The second-order valence-corrected chi connectivity index (χ2v) is 5.36. The van der Waals surface area contributed by atoms with E-state index in [0.717, 1.165) is 26.1 Å². The van der Waals surface area contributed by atoms with Gasteiger partial charge in [0.15, 0.2) is 0 Å². The van der Waals surface area contributed by atoms with Gasteiger partial charge in [-0.15, -0.1) is 12.6 Å². The molecule has 1 unspecified atom stereocenters. The Hall–Kier alpha value is -1.07. The zero-order valence-electron chi connectivity index (χ0n) is 10.9. The number of thiol groups is 1. The van der Waals surface area contributed by atoms with Crippen molar-refractivity contribution < 1.29 is 13.9 Å². The fourth-order valence-electron chi connectivity index (χ4n) is 2.28. The van der Waals surface area contributed by atoms with E-state index in [1.54, 1.807) is 0 Å². The zero-order valence-corrected chi connectivity index (χ0v) is 11.8. The highest BCUT2D eigenvalue weighted by Crippen LogP contribution is 2.19. The molecule has 0 spiro atoms. The molecule has 1 saturated heterocycles. The fraction of sp³-hybridized carbons (Fsp3) is 0.500. The number of carbonyl (C=O) groups excluding carboxylic acids is 1. The Morgan fingerprint density at radius 1 is 1.47 bits per heavy atom. The minimum atomic E-state index is -0.419. The van der Waals surface area contributed by atoms with Gasteiger partial charge in [-0.2, -0.15) is 0 Å². The predicted octanol–water partition coefficient (Wildman–Crippen LogP) is 2.66. The molecule has 19 heavy (non-hydrogen) atoms. The van der Waals surface area contributed by atoms with Crippen LogP contribution in [-0.2, 0) is 4.74 Å². The molecule has 1 atom stereocenters. The first-order valence-corrected chi connectivity index (χ1v) is 6.90. The van der Waals surface area contributed by atoms with Crippen molar-refractivity contribution in [3.8, 4) is 0 Å². The SMILES string of the molecule is CC(NC(=O)c1ccc(F)c(S)c1)C1CCOCC1. The van der Waals surface area contributed by atoms with Gasteiger partial charge in [0.2, 0.25) is 0 Å². The molecule has 1 N–H and O–H groups in total. The minimum Gasteiger partial charge on any atom is -0.381 e. The first-order valence-electron chi connectivity index (χ1n) is 6.45. The molecule has 1 aliphatic heterocycles. The number of ether oxygens (including phenoxy) is 1. The van der Waals surface area contributed by atoms with Crippen LogP contribution < -0.4 is 5.32 Å². The van der Waals surface area contributed by atoms with E-state index >= 15 is 0 Å². The summed E-state index contributed by atoms with van der Waals surface area (Å²) in [7, 11) is 0. The smallest absolute Gasteiger partial charge is 0.251 e. The molecule has 1 aromatic carbocycles. The monoisotopic (exact) mass is 283 g/mol. The molecule has 0 aromatic heterocycles. The Morgan fingerprint density at radius 3 is 2.79 bits per heavy atom. The maximum absolute atomic E-state index is 13.1. The summed E-state index contributed by atoms with van der Waals surface area (Å²) < 4.78 is 18.4. The van der Waals surface area contributed by atoms with Crippen molar-refractivity contribution in [1.82, 2.24) is 5.32 Å². The summed E-state index contributed by atoms with van der Waals surface area (Å²) in [5.41, 5.74) is 0.435. The lowest BCUT2D eigenvalue weighted by Gasteiger charge is -2.28. The van der Waals surface area contributed by atoms with Gasteiger partial charge < -0.3 is 10.1 Å². The van der Waals surface area contributed by atoms with E-state index in [2.05, 4.69) is 17.9 Å². The number of benzene rings is 1. The molecule has 3 nitrogen and oxygen atoms in total. The Balaban J connectivity index is 1.97. The first kappa shape index (κ1) is 14.3. The Morgan fingerprint density at radius 2 is 2.16 bits per heavy atom. The zero-order chi connectivity index (χ0) is 13.8. The summed E-state index contributed by atoms with van der Waals surface area (Å²) in [4.78, 5) is 12.2. The Labute approximate surface area is 117 Å². The molecule has 1 heterocycles. The van der Waals surface area contributed by atoms with Gasteiger partial charge in [0.1, 0.15) is 5.82 Å². The number of nitrogens with one attached hydrogen (secondary N) is 1. The summed E-state index contributed by atoms with van der Waals surface area (Å²) in [6.07, 6.45) is 1.92. The minimum absolute atomic E-state index is 0.0878. The normalized spacial score (nSPS) is 18.1. The quantitative estimate of drug-likeness (QED) is 0.837. The molecule has 0 saturated carbocycles. The van der Waals surface area contributed by atoms with Crippen molar-refractivity contribution in [2.45, 2.75) is 30.7 Å². The lowest BCUT2D eigenvalue weighted by Crippen LogP contribution is -2.40. The highest BCUT2D eigenvalue weighted by molar-refractivity contribution is 7.80. The lowest BCUT2D eigenvalue weighted by molar-refractivity contribution is 0.0538. The van der Waals surface area contributed by atoms with Crippen LogP contribution in [0.5, 0.6) is 0 Å². The fourth-order valence-corrected chi connectivity index (χ4v) is 2.49. The molecule has 104 valence electrons. The Bertz CT molecular complexity index is 461. The number of amides is 1. The van der Waals surface area contributed by atoms with Crippen LogP contribution in [-0.4, -0.2) is 25.2 Å². The van der Waals surface area contributed by atoms with Gasteiger partial charge in [0.25, 0.3) is 5.91 Å². The third-order valence-electron chi connectivity index (χ3n) is 3.54. The van der Waals surface area contributed by atoms with E-state index in [0.29, 0.717) is 11.5 Å². The average Bonchev–Trinajstić information content (AvgIpc) is 2.42. The maximum Gasteiger partial charge on any atom is 0.251 e. The molecule has 0 radical (unpaired) electrons. The highest BCUT2D eigenvalue weighted by Gasteiger charge is 2.22. The van der Waals surface area contributed by atoms with Gasteiger partial charge >= 0.3 is 0 Å². The third kappa shape index (κ3) is 3.70. The van der Waals surface area contributed by atoms with Crippen molar-refractivity contribution in [2.24, 2.45) is 5.92 Å². The second-order valence-electron chi connectivity index (χ2n) is 4.88. The second kappa shape index (κ2) is 6.39. The van der Waals surface area contributed by atoms with Crippen LogP contribution in [0, 0.1) is 11.7 Å². The van der Waals surface area contributed by atoms with Gasteiger partial charge in [-0.1, -0.05) is 0 Å². The van der Waals surface area contributed by atoms with E-state index in [9.17, 15) is 9.18 Å². The van der Waals surface area contributed by atoms with Crippen LogP contribution in [0.25, 0.3) is 0 Å². The van der Waals surface area contributed by atoms with Gasteiger partial charge in [0, 0.05) is 29.7 Å². The van der Waals surface area contributed by atoms with E-state index in [4.69, 9.17) is 4.74 Å². The molecular formula is C14H18FNO2S. The van der Waals surface area contributed by atoms with E-state index in [1.165, 1.54) is 18.2 Å². The standard InChI is InChI=1S/C14H18FNO2S/c1-9(10-4-6-18-7-5-10)16-14(17)11-2-3-12(15)13(19)8-11/h2-3,8-10,19H,4-7H2,1H3,(H,16,17). The molecule has 1 aromatic rings. The molecule has 2 rings (SSSR count). The van der Waals surface area contributed by atoms with Crippen molar-refractivity contribution in [3.63, 3.8) is 0 Å². The van der Waals surface area contributed by atoms with Crippen molar-refractivity contribution in [1.29, 1.82) is 0 Å². The largest absolute Gasteiger partial charge is 0.381 e. The number of rotatable bonds is 3. The van der Waals surface area contributed by atoms with Crippen LogP contribution in [0.15, 0.2) is 23.1 Å². The molecular weight excluding hydrogens is 265 g/mol. The summed E-state index contributed by atoms with van der Waals surface area (Å²) in [5, 5.41) is 2.96. The maximum atomic E-state index is 13.1. The van der Waals surface area contributed by atoms with Gasteiger partial charge in [-0.3, -0.25) is 4.79 Å². The number of hydrogen-bond acceptors (Lipinski definition) is 3. The molecule has 1 aliphatic rings. The van der Waals surface area contributed by atoms with Crippen LogP contribution in [0.2, 0.25) is 0 Å². The third-order valence-corrected chi connectivity index (χ3v) is 3.88. The Kier molecular flexibility index (Phi) is 4.82. The molecule has 5 heteroatoms. The molecule has 1 amide bonds. The van der Waals surface area contributed by atoms with Crippen molar-refractivity contribution in [3.05, 3.63) is 29.6 Å². The summed E-state index contributed by atoms with van der Waals surface area (Å²) >= 11 is 3.98. The summed E-state index contributed by atoms with van der Waals surface area (Å²) in [6, 6.07) is 4.27. The average molecular weight is 283 g/mol. The van der Waals surface area contributed by atoms with Crippen LogP contribution in [0.3, 0.4) is 0 Å². The molecule has 0 aliphatic carbocycles. The summed E-state index contributed by atoms with van der Waals surface area (Å²) in [6.45, 7) is 3.50. The first-order chi connectivity index (χ1) is 9.08. The topological polar surface area (TPSA) is 38.3 Å². The summed E-state index contributed by atoms with van der Waals surface area (Å²) in [5.74, 6) is -0.166. The van der Waals surface area contributed by atoms with Crippen LogP contribution >= 0.6 is 12.6 Å². The molecule has 0 bridgehead atoms. The molecule has 1 fully saturated rings. The highest BCUT2D eigenvalue weighted by atomic mass is 32.1. The van der Waals surface area contributed by atoms with E-state index < -0.39 is 5.82 Å². The van der Waals surface area contributed by atoms with Gasteiger partial charge in [-0.25, -0.2) is 4.39 Å². The predicted molar refractivity (Wildman–Crippen MR) is 74.1 cm³/mol. The number of carbonyl (C=O) groups is 1. The van der Waals surface area contributed by atoms with Crippen LogP contribution in [0.1, 0.15) is 30.1 Å². The van der Waals surface area contributed by atoms with Crippen LogP contribution in [0.4, 0.5) is 4.39 Å². The lowest BCUT2D eigenvalue weighted by atomic mass is 9.93. The van der Waals surface area contributed by atoms with Gasteiger partial charge in [-0.05, 0) is 43.9 Å². The van der Waals surface area contributed by atoms with Crippen molar-refractivity contribution >= 4 is 18.5 Å². The number of halogens is 1. The number of hydrogen-bond donors (Lipinski definition) is 2.